The van der Waals surface area contributed by atoms with Gasteiger partial charge in [-0.05, 0) is 0 Å². The minimum atomic E-state index is -1.27. The predicted molar refractivity (Wildman–Crippen MR) is 49.3 cm³/mol. The summed E-state index contributed by atoms with van der Waals surface area (Å²) >= 11 is 0. The highest BCUT2D eigenvalue weighted by Gasteiger charge is 2.08. The third-order valence-electron chi connectivity index (χ3n) is 1.06. The van der Waals surface area contributed by atoms with E-state index in [1.54, 1.807) is 6.08 Å². The van der Waals surface area contributed by atoms with E-state index >= 15 is 0 Å². The van der Waals surface area contributed by atoms with E-state index in [0.717, 1.165) is 0 Å². The topological polar surface area (TPSA) is 37.3 Å². The molecule has 2 nitrogen and oxygen atoms in total. The van der Waals surface area contributed by atoms with Crippen molar-refractivity contribution in [3.8, 4) is 0 Å². The Kier molecular flexibility index (Phi) is 3.26. The third-order valence-corrected chi connectivity index (χ3v) is 2.23. The largest absolute Gasteiger partial charge is 0.478 e. The molecule has 0 unspecified atom stereocenters. The Balaban J connectivity index is 4.16. The summed E-state index contributed by atoms with van der Waals surface area (Å²) in [6.45, 7) is 9.81. The number of aliphatic carboxylic acids is 1. The first kappa shape index (κ1) is 10.2. The van der Waals surface area contributed by atoms with Crippen LogP contribution >= 0.6 is 0 Å². The first-order valence-electron chi connectivity index (χ1n) is 3.44. The summed E-state index contributed by atoms with van der Waals surface area (Å²) in [5.41, 5.74) is 2.12. The summed E-state index contributed by atoms with van der Waals surface area (Å²) in [5.74, 6) is -0.945. The van der Waals surface area contributed by atoms with Crippen LogP contribution in [0.4, 0.5) is 0 Å². The summed E-state index contributed by atoms with van der Waals surface area (Å²) in [7, 11) is -1.27. The van der Waals surface area contributed by atoms with Gasteiger partial charge >= 0.3 is 5.97 Å². The van der Waals surface area contributed by atoms with Gasteiger partial charge in [0.05, 0.1) is 13.6 Å². The fourth-order valence-electron chi connectivity index (χ4n) is 0.422. The Morgan fingerprint density at radius 3 is 2.18 bits per heavy atom. The molecule has 1 N–H and O–H groups in total. The first-order valence-corrected chi connectivity index (χ1v) is 7.02. The van der Waals surface area contributed by atoms with Crippen LogP contribution in [0.5, 0.6) is 0 Å². The Morgan fingerprint density at radius 1 is 1.45 bits per heavy atom. The van der Waals surface area contributed by atoms with Gasteiger partial charge in [0.15, 0.2) is 0 Å². The quantitative estimate of drug-likeness (QED) is 0.400. The molecule has 0 aliphatic heterocycles. The van der Waals surface area contributed by atoms with E-state index in [1.807, 2.05) is 5.70 Å². The molecule has 0 saturated carbocycles. The van der Waals surface area contributed by atoms with Gasteiger partial charge in [0, 0.05) is 0 Å². The van der Waals surface area contributed by atoms with Gasteiger partial charge in [-0.25, -0.2) is 4.79 Å². The molecule has 0 aliphatic carbocycles. The van der Waals surface area contributed by atoms with Gasteiger partial charge in [-0.3, -0.25) is 0 Å². The van der Waals surface area contributed by atoms with E-state index in [0.29, 0.717) is 0 Å². The van der Waals surface area contributed by atoms with Gasteiger partial charge in [0.25, 0.3) is 0 Å². The molecular formula is C8H14O2Si. The van der Waals surface area contributed by atoms with E-state index in [2.05, 4.69) is 26.2 Å². The summed E-state index contributed by atoms with van der Waals surface area (Å²) in [6.07, 6.45) is 1.59. The highest BCUT2D eigenvalue weighted by atomic mass is 28.3. The monoisotopic (exact) mass is 170 g/mol. The van der Waals surface area contributed by atoms with Crippen molar-refractivity contribution in [3.63, 3.8) is 0 Å². The SMILES string of the molecule is C=C(C=C[Si](C)(C)C)C(=O)O. The lowest BCUT2D eigenvalue weighted by atomic mass is 10.3. The number of carboxylic acids is 1. The lowest BCUT2D eigenvalue weighted by molar-refractivity contribution is -0.132. The predicted octanol–water partition coefficient (Wildman–Crippen LogP) is 2.06. The Morgan fingerprint density at radius 2 is 1.91 bits per heavy atom. The molecule has 0 aromatic rings. The van der Waals surface area contributed by atoms with E-state index in [4.69, 9.17) is 5.11 Å². The number of rotatable bonds is 3. The molecule has 0 heterocycles. The van der Waals surface area contributed by atoms with Crippen LogP contribution in [-0.2, 0) is 4.79 Å². The number of hydrogen-bond donors (Lipinski definition) is 1. The van der Waals surface area contributed by atoms with Gasteiger partial charge in [0.2, 0.25) is 0 Å². The van der Waals surface area contributed by atoms with Crippen LogP contribution in [-0.4, -0.2) is 19.1 Å². The molecule has 0 rings (SSSR count). The molecule has 11 heavy (non-hydrogen) atoms. The fourth-order valence-corrected chi connectivity index (χ4v) is 1.12. The lowest BCUT2D eigenvalue weighted by Crippen LogP contribution is -2.15. The second-order valence-corrected chi connectivity index (χ2v) is 8.60. The maximum Gasteiger partial charge on any atom is 0.335 e. The molecule has 0 spiro atoms. The van der Waals surface area contributed by atoms with Crippen molar-refractivity contribution in [2.75, 3.05) is 0 Å². The van der Waals surface area contributed by atoms with Crippen LogP contribution in [0.2, 0.25) is 19.6 Å². The van der Waals surface area contributed by atoms with Crippen LogP contribution < -0.4 is 0 Å². The molecule has 0 aliphatic rings. The van der Waals surface area contributed by atoms with E-state index in [-0.39, 0.29) is 5.57 Å². The standard InChI is InChI=1S/C8H14O2Si/c1-7(8(9)10)5-6-11(2,3)4/h5-6H,1H2,2-4H3,(H,9,10). The average molecular weight is 170 g/mol. The molecule has 62 valence electrons. The van der Waals surface area contributed by atoms with Crippen LogP contribution in [0, 0.1) is 0 Å². The second-order valence-electron chi connectivity index (χ2n) is 3.53. The van der Waals surface area contributed by atoms with Gasteiger partial charge in [-0.1, -0.05) is 38.0 Å². The van der Waals surface area contributed by atoms with Crippen LogP contribution in [0.15, 0.2) is 23.9 Å². The highest BCUT2D eigenvalue weighted by Crippen LogP contribution is 2.04. The van der Waals surface area contributed by atoms with Crippen molar-refractivity contribution < 1.29 is 9.90 Å². The van der Waals surface area contributed by atoms with E-state index in [9.17, 15) is 4.79 Å². The zero-order chi connectivity index (χ0) is 9.07. The second kappa shape index (κ2) is 3.53. The Bertz CT molecular complexity index is 199. The van der Waals surface area contributed by atoms with Crippen molar-refractivity contribution in [2.45, 2.75) is 19.6 Å². The van der Waals surface area contributed by atoms with Gasteiger partial charge in [0.1, 0.15) is 0 Å². The van der Waals surface area contributed by atoms with Gasteiger partial charge in [-0.15, -0.1) is 0 Å². The van der Waals surface area contributed by atoms with Crippen molar-refractivity contribution in [2.24, 2.45) is 0 Å². The lowest BCUT2D eigenvalue weighted by Gasteiger charge is -2.07. The summed E-state index contributed by atoms with van der Waals surface area (Å²) in [6, 6.07) is 0. The molecule has 0 aromatic heterocycles. The molecule has 0 amide bonds. The van der Waals surface area contributed by atoms with Gasteiger partial charge < -0.3 is 5.11 Å². The minimum absolute atomic E-state index is 0.160. The number of carbonyl (C=O) groups is 1. The van der Waals surface area contributed by atoms with Crippen molar-refractivity contribution in [3.05, 3.63) is 23.9 Å². The summed E-state index contributed by atoms with van der Waals surface area (Å²) < 4.78 is 0. The zero-order valence-corrected chi connectivity index (χ0v) is 8.22. The highest BCUT2D eigenvalue weighted by molar-refractivity contribution is 6.81. The fraction of sp³-hybridized carbons (Fsp3) is 0.375. The van der Waals surface area contributed by atoms with E-state index < -0.39 is 14.0 Å². The third kappa shape index (κ3) is 5.60. The molecule has 0 radical (unpaired) electrons. The molecule has 0 bridgehead atoms. The Labute approximate surface area is 68.3 Å². The van der Waals surface area contributed by atoms with Crippen LogP contribution in [0.25, 0.3) is 0 Å². The molecule has 0 saturated heterocycles. The van der Waals surface area contributed by atoms with Crippen molar-refractivity contribution >= 4 is 14.0 Å². The zero-order valence-electron chi connectivity index (χ0n) is 7.22. The molecule has 0 atom stereocenters. The van der Waals surface area contributed by atoms with Crippen LogP contribution in [0.3, 0.4) is 0 Å². The maximum atomic E-state index is 10.3. The summed E-state index contributed by atoms with van der Waals surface area (Å²) in [4.78, 5) is 10.3. The number of carboxylic acid groups (broad SMARTS) is 1. The van der Waals surface area contributed by atoms with E-state index in [1.165, 1.54) is 0 Å². The van der Waals surface area contributed by atoms with Crippen LogP contribution in [0.1, 0.15) is 0 Å². The van der Waals surface area contributed by atoms with Crippen molar-refractivity contribution in [1.29, 1.82) is 0 Å². The minimum Gasteiger partial charge on any atom is -0.478 e. The summed E-state index contributed by atoms with van der Waals surface area (Å²) in [5, 5.41) is 8.44. The number of hydrogen-bond acceptors (Lipinski definition) is 1. The normalized spacial score (nSPS) is 11.9. The smallest absolute Gasteiger partial charge is 0.335 e. The molecule has 0 fully saturated rings. The van der Waals surface area contributed by atoms with Crippen molar-refractivity contribution in [1.82, 2.24) is 0 Å². The first-order chi connectivity index (χ1) is 4.83. The molecule has 3 heteroatoms. The molecular weight excluding hydrogens is 156 g/mol. The maximum absolute atomic E-state index is 10.3. The molecule has 0 aromatic carbocycles. The average Bonchev–Trinajstić information content (AvgIpc) is 1.80. The Hall–Kier alpha value is -0.833. The van der Waals surface area contributed by atoms with Gasteiger partial charge in [-0.2, -0.15) is 0 Å².